The third-order valence-electron chi connectivity index (χ3n) is 5.33. The van der Waals surface area contributed by atoms with E-state index in [1.807, 2.05) is 24.3 Å². The summed E-state index contributed by atoms with van der Waals surface area (Å²) in [7, 11) is -4.41. The molecule has 0 unspecified atom stereocenters. The van der Waals surface area contributed by atoms with E-state index in [9.17, 15) is 17.2 Å². The van der Waals surface area contributed by atoms with E-state index in [0.29, 0.717) is 17.6 Å². The fourth-order valence-electron chi connectivity index (χ4n) is 3.74. The van der Waals surface area contributed by atoms with Crippen LogP contribution in [-0.2, 0) is 10.0 Å². The maximum absolute atomic E-state index is 14.7. The highest BCUT2D eigenvalue weighted by Gasteiger charge is 2.28. The highest BCUT2D eigenvalue weighted by atomic mass is 35.5. The van der Waals surface area contributed by atoms with Crippen molar-refractivity contribution in [3.05, 3.63) is 69.2 Å². The fourth-order valence-corrected chi connectivity index (χ4v) is 5.99. The summed E-state index contributed by atoms with van der Waals surface area (Å²) >= 11 is 12.6. The van der Waals surface area contributed by atoms with Gasteiger partial charge in [-0.2, -0.15) is 0 Å². The van der Waals surface area contributed by atoms with Crippen molar-refractivity contribution in [1.29, 1.82) is 0 Å². The number of halogens is 4. The number of thiazole rings is 1. The van der Waals surface area contributed by atoms with Gasteiger partial charge in [0.2, 0.25) is 0 Å². The van der Waals surface area contributed by atoms with Gasteiger partial charge in [-0.15, -0.1) is 0 Å². The van der Waals surface area contributed by atoms with Crippen LogP contribution in [0.2, 0.25) is 9.36 Å². The molecule has 2 heterocycles. The van der Waals surface area contributed by atoms with Crippen LogP contribution in [0.25, 0.3) is 0 Å². The maximum Gasteiger partial charge on any atom is 0.266 e. The summed E-state index contributed by atoms with van der Waals surface area (Å²) in [6, 6.07) is 8.88. The predicted octanol–water partition coefficient (Wildman–Crippen LogP) is 5.30. The summed E-state index contributed by atoms with van der Waals surface area (Å²) < 4.78 is 62.2. The monoisotopic (exact) mass is 533 g/mol. The molecule has 3 aromatic rings. The number of ether oxygens (including phenoxy) is 1. The molecule has 0 spiro atoms. The molecular weight excluding hydrogens is 515 g/mol. The van der Waals surface area contributed by atoms with Gasteiger partial charge in [0.15, 0.2) is 16.7 Å². The maximum atomic E-state index is 14.7. The van der Waals surface area contributed by atoms with Gasteiger partial charge in [0.25, 0.3) is 10.0 Å². The quantitative estimate of drug-likeness (QED) is 0.430. The summed E-state index contributed by atoms with van der Waals surface area (Å²) in [5, 5.41) is 3.87. The lowest BCUT2D eigenvalue weighted by atomic mass is 9.81. The Hall–Kier alpha value is -1.98. The Balaban J connectivity index is 1.49. The first-order chi connectivity index (χ1) is 15.7. The van der Waals surface area contributed by atoms with Crippen LogP contribution in [0.4, 0.5) is 13.9 Å². The minimum atomic E-state index is -4.41. The molecule has 0 saturated carbocycles. The molecule has 1 fully saturated rings. The number of piperidine rings is 1. The Bertz CT molecular complexity index is 1240. The summed E-state index contributed by atoms with van der Waals surface area (Å²) in [4.78, 5) is 2.91. The molecule has 33 heavy (non-hydrogen) atoms. The molecule has 0 amide bonds. The molecule has 1 aromatic heterocycles. The van der Waals surface area contributed by atoms with Crippen LogP contribution in [-0.4, -0.2) is 33.1 Å². The van der Waals surface area contributed by atoms with Crippen molar-refractivity contribution in [1.82, 2.24) is 10.3 Å². The van der Waals surface area contributed by atoms with E-state index < -0.39 is 26.6 Å². The van der Waals surface area contributed by atoms with Crippen molar-refractivity contribution in [2.45, 2.75) is 17.2 Å². The van der Waals surface area contributed by atoms with Crippen LogP contribution in [0, 0.1) is 17.6 Å². The van der Waals surface area contributed by atoms with Crippen LogP contribution >= 0.6 is 34.5 Å². The van der Waals surface area contributed by atoms with E-state index in [2.05, 4.69) is 15.0 Å². The number of rotatable bonds is 7. The zero-order valence-electron chi connectivity index (χ0n) is 17.0. The smallest absolute Gasteiger partial charge is 0.266 e. The van der Waals surface area contributed by atoms with Crippen molar-refractivity contribution >= 4 is 49.7 Å². The van der Waals surface area contributed by atoms with Gasteiger partial charge in [-0.3, -0.25) is 4.72 Å². The van der Waals surface area contributed by atoms with Gasteiger partial charge in [0.05, 0.1) is 12.8 Å². The molecule has 4 rings (SSSR count). The largest absolute Gasteiger partial charge is 0.490 e. The average Bonchev–Trinajstić information content (AvgIpc) is 3.18. The van der Waals surface area contributed by atoms with Gasteiger partial charge in [0.1, 0.15) is 15.0 Å². The van der Waals surface area contributed by atoms with Gasteiger partial charge in [-0.25, -0.2) is 22.2 Å². The SMILES string of the molecule is O=S(=O)(Nc1ncc(Cl)s1)c1cc(F)c(OC[C@@H]2CNCC[C@H]2c2ccc(Cl)cc2)cc1F. The minimum absolute atomic E-state index is 0.00196. The van der Waals surface area contributed by atoms with Crippen LogP contribution in [0.15, 0.2) is 47.5 Å². The van der Waals surface area contributed by atoms with E-state index in [1.54, 1.807) is 0 Å². The lowest BCUT2D eigenvalue weighted by molar-refractivity contribution is 0.190. The first kappa shape index (κ1) is 24.2. The highest BCUT2D eigenvalue weighted by Crippen LogP contribution is 2.33. The third kappa shape index (κ3) is 5.75. The second-order valence-corrected chi connectivity index (χ2v) is 11.3. The number of nitrogens with zero attached hydrogens (tertiary/aromatic N) is 1. The van der Waals surface area contributed by atoms with Crippen LogP contribution in [0.3, 0.4) is 0 Å². The van der Waals surface area contributed by atoms with Gasteiger partial charge < -0.3 is 10.1 Å². The normalized spacial score (nSPS) is 18.8. The topological polar surface area (TPSA) is 80.3 Å². The molecule has 176 valence electrons. The van der Waals surface area contributed by atoms with E-state index in [0.717, 1.165) is 35.9 Å². The van der Waals surface area contributed by atoms with Crippen molar-refractivity contribution in [3.8, 4) is 5.75 Å². The van der Waals surface area contributed by atoms with Crippen LogP contribution < -0.4 is 14.8 Å². The van der Waals surface area contributed by atoms with Crippen LogP contribution in [0.5, 0.6) is 5.75 Å². The molecule has 1 aliphatic rings. The number of benzene rings is 2. The Labute approximate surface area is 204 Å². The molecule has 6 nitrogen and oxygen atoms in total. The van der Waals surface area contributed by atoms with Crippen molar-refractivity contribution in [3.63, 3.8) is 0 Å². The van der Waals surface area contributed by atoms with Crippen LogP contribution in [0.1, 0.15) is 17.9 Å². The molecule has 12 heteroatoms. The Morgan fingerprint density at radius 2 is 1.94 bits per heavy atom. The first-order valence-corrected chi connectivity index (χ1v) is 13.0. The van der Waals surface area contributed by atoms with E-state index in [-0.39, 0.29) is 33.7 Å². The number of hydrogen-bond acceptors (Lipinski definition) is 6. The van der Waals surface area contributed by atoms with E-state index >= 15 is 0 Å². The number of anilines is 1. The molecule has 1 aliphatic heterocycles. The summed E-state index contributed by atoms with van der Waals surface area (Å²) in [6.07, 6.45) is 2.10. The Kier molecular flexibility index (Phi) is 7.40. The van der Waals surface area contributed by atoms with Gasteiger partial charge in [-0.1, -0.05) is 46.7 Å². The zero-order chi connectivity index (χ0) is 23.6. The number of nitrogens with one attached hydrogen (secondary N) is 2. The van der Waals surface area contributed by atoms with Crippen molar-refractivity contribution < 1.29 is 21.9 Å². The molecule has 2 atom stereocenters. The lowest BCUT2D eigenvalue weighted by Crippen LogP contribution is -2.38. The highest BCUT2D eigenvalue weighted by molar-refractivity contribution is 7.93. The van der Waals surface area contributed by atoms with Gasteiger partial charge in [-0.05, 0) is 36.6 Å². The molecule has 0 aliphatic carbocycles. The molecule has 1 saturated heterocycles. The number of hydrogen-bond donors (Lipinski definition) is 2. The van der Waals surface area contributed by atoms with E-state index in [1.165, 1.54) is 6.20 Å². The molecule has 2 N–H and O–H groups in total. The summed E-state index contributed by atoms with van der Waals surface area (Å²) in [6.45, 7) is 1.60. The van der Waals surface area contributed by atoms with Gasteiger partial charge in [0, 0.05) is 29.6 Å². The summed E-state index contributed by atoms with van der Waals surface area (Å²) in [5.41, 5.74) is 1.09. The third-order valence-corrected chi connectivity index (χ3v) is 8.10. The average molecular weight is 534 g/mol. The summed E-state index contributed by atoms with van der Waals surface area (Å²) in [5.74, 6) is -2.32. The predicted molar refractivity (Wildman–Crippen MR) is 125 cm³/mol. The second kappa shape index (κ2) is 10.1. The van der Waals surface area contributed by atoms with Gasteiger partial charge >= 0.3 is 0 Å². The van der Waals surface area contributed by atoms with Crippen molar-refractivity contribution in [2.75, 3.05) is 24.4 Å². The Morgan fingerprint density at radius 3 is 2.64 bits per heavy atom. The standard InChI is InChI=1S/C21H19Cl2F2N3O3S2/c22-14-3-1-12(2-4-14)15-5-6-26-9-13(15)11-31-18-7-17(25)19(8-16(18)24)33(29,30)28-21-27-10-20(23)32-21/h1-4,7-8,10,13,15,26H,5-6,9,11H2,(H,27,28)/t13-,15-/m0/s1. The lowest BCUT2D eigenvalue weighted by Gasteiger charge is -2.32. The molecule has 2 aromatic carbocycles. The second-order valence-electron chi connectivity index (χ2n) is 7.51. The molecule has 0 radical (unpaired) electrons. The zero-order valence-corrected chi connectivity index (χ0v) is 20.2. The minimum Gasteiger partial charge on any atom is -0.490 e. The Morgan fingerprint density at radius 1 is 1.18 bits per heavy atom. The van der Waals surface area contributed by atoms with E-state index in [4.69, 9.17) is 27.9 Å². The molecular formula is C21H19Cl2F2N3O3S2. The number of sulfonamides is 1. The fraction of sp³-hybridized carbons (Fsp3) is 0.286. The van der Waals surface area contributed by atoms with Crippen molar-refractivity contribution in [2.24, 2.45) is 5.92 Å². The molecule has 0 bridgehead atoms. The number of aromatic nitrogens is 1. The first-order valence-electron chi connectivity index (χ1n) is 9.95.